The third-order valence-electron chi connectivity index (χ3n) is 4.01. The highest BCUT2D eigenvalue weighted by Crippen LogP contribution is 2.33. The zero-order chi connectivity index (χ0) is 14.7. The maximum Gasteiger partial charge on any atom is 0.358 e. The molecule has 0 radical (unpaired) electrons. The summed E-state index contributed by atoms with van der Waals surface area (Å²) >= 11 is 0. The van der Waals surface area contributed by atoms with Gasteiger partial charge in [0.15, 0.2) is 5.69 Å². The van der Waals surface area contributed by atoms with E-state index < -0.39 is 5.97 Å². The third kappa shape index (κ3) is 2.65. The Bertz CT molecular complexity index is 478. The Morgan fingerprint density at radius 3 is 2.75 bits per heavy atom. The van der Waals surface area contributed by atoms with Crippen LogP contribution < -0.4 is 5.73 Å². The second-order valence-electron chi connectivity index (χ2n) is 5.24. The van der Waals surface area contributed by atoms with Crippen molar-refractivity contribution in [1.29, 1.82) is 0 Å². The van der Waals surface area contributed by atoms with Crippen molar-refractivity contribution in [3.8, 4) is 0 Å². The summed E-state index contributed by atoms with van der Waals surface area (Å²) in [5, 5.41) is 4.43. The van der Waals surface area contributed by atoms with Crippen LogP contribution in [0.25, 0.3) is 0 Å². The van der Waals surface area contributed by atoms with Crippen molar-refractivity contribution in [2.75, 3.05) is 26.1 Å². The van der Waals surface area contributed by atoms with Gasteiger partial charge in [-0.15, -0.1) is 0 Å². The molecule has 1 unspecified atom stereocenters. The molecule has 112 valence electrons. The molecule has 6 heteroatoms. The molecule has 0 bridgehead atoms. The lowest BCUT2D eigenvalue weighted by molar-refractivity contribution is 0.0582. The summed E-state index contributed by atoms with van der Waals surface area (Å²) in [6.07, 6.45) is 2.63. The molecule has 1 aliphatic rings. The first-order valence-electron chi connectivity index (χ1n) is 7.14. The molecule has 0 aliphatic carbocycles. The first-order valence-corrected chi connectivity index (χ1v) is 7.14. The molecule has 0 saturated carbocycles. The molecule has 1 aromatic rings. The molecule has 2 heterocycles. The van der Waals surface area contributed by atoms with E-state index in [1.807, 2.05) is 6.92 Å². The molecule has 2 rings (SSSR count). The van der Waals surface area contributed by atoms with Crippen LogP contribution in [0.1, 0.15) is 61.1 Å². The Morgan fingerprint density at radius 1 is 1.55 bits per heavy atom. The van der Waals surface area contributed by atoms with Gasteiger partial charge in [-0.2, -0.15) is 5.10 Å². The minimum absolute atomic E-state index is 0.178. The SMILES string of the molecule is CCC(C)c1c(C(=O)OC)nn(C2CCOCC2)c1N. The molecule has 1 fully saturated rings. The van der Waals surface area contributed by atoms with Crippen LogP contribution >= 0.6 is 0 Å². The molecule has 0 aromatic carbocycles. The minimum atomic E-state index is -0.419. The van der Waals surface area contributed by atoms with Crippen LogP contribution in [-0.2, 0) is 9.47 Å². The van der Waals surface area contributed by atoms with E-state index >= 15 is 0 Å². The zero-order valence-electron chi connectivity index (χ0n) is 12.4. The lowest BCUT2D eigenvalue weighted by Crippen LogP contribution is -2.22. The van der Waals surface area contributed by atoms with Crippen LogP contribution in [0.15, 0.2) is 0 Å². The van der Waals surface area contributed by atoms with Crippen LogP contribution in [0.5, 0.6) is 0 Å². The summed E-state index contributed by atoms with van der Waals surface area (Å²) in [6, 6.07) is 0.199. The van der Waals surface area contributed by atoms with Crippen molar-refractivity contribution in [2.24, 2.45) is 0 Å². The van der Waals surface area contributed by atoms with Gasteiger partial charge in [0.25, 0.3) is 0 Å². The number of carbonyl (C=O) groups excluding carboxylic acids is 1. The lowest BCUT2D eigenvalue weighted by Gasteiger charge is -2.23. The maximum absolute atomic E-state index is 11.9. The summed E-state index contributed by atoms with van der Waals surface area (Å²) in [5.74, 6) is 0.349. The predicted octanol–water partition coefficient (Wildman–Crippen LogP) is 2.12. The fourth-order valence-corrected chi connectivity index (χ4v) is 2.61. The summed E-state index contributed by atoms with van der Waals surface area (Å²) in [6.45, 7) is 5.53. The number of hydrogen-bond acceptors (Lipinski definition) is 5. The van der Waals surface area contributed by atoms with E-state index in [1.165, 1.54) is 7.11 Å². The number of ether oxygens (including phenoxy) is 2. The van der Waals surface area contributed by atoms with Gasteiger partial charge in [0.05, 0.1) is 13.2 Å². The van der Waals surface area contributed by atoms with Gasteiger partial charge in [0.2, 0.25) is 0 Å². The van der Waals surface area contributed by atoms with Crippen LogP contribution in [0.3, 0.4) is 0 Å². The van der Waals surface area contributed by atoms with E-state index in [4.69, 9.17) is 15.2 Å². The highest BCUT2D eigenvalue weighted by Gasteiger charge is 2.28. The van der Waals surface area contributed by atoms with Crippen LogP contribution in [0, 0.1) is 0 Å². The first kappa shape index (κ1) is 14.8. The Hall–Kier alpha value is -1.56. The molecular weight excluding hydrogens is 258 g/mol. The average Bonchev–Trinajstić information content (AvgIpc) is 2.84. The van der Waals surface area contributed by atoms with Gasteiger partial charge in [-0.1, -0.05) is 13.8 Å². The Balaban J connectivity index is 2.43. The van der Waals surface area contributed by atoms with E-state index in [-0.39, 0.29) is 12.0 Å². The van der Waals surface area contributed by atoms with E-state index in [0.717, 1.165) is 24.8 Å². The number of hydrogen-bond donors (Lipinski definition) is 1. The topological polar surface area (TPSA) is 79.4 Å². The maximum atomic E-state index is 11.9. The van der Waals surface area contributed by atoms with Gasteiger partial charge in [-0.25, -0.2) is 9.48 Å². The van der Waals surface area contributed by atoms with Crippen molar-refractivity contribution in [2.45, 2.75) is 45.1 Å². The minimum Gasteiger partial charge on any atom is -0.464 e. The molecule has 1 saturated heterocycles. The molecule has 1 aliphatic heterocycles. The van der Waals surface area contributed by atoms with E-state index in [9.17, 15) is 4.79 Å². The molecule has 20 heavy (non-hydrogen) atoms. The third-order valence-corrected chi connectivity index (χ3v) is 4.01. The summed E-state index contributed by atoms with van der Waals surface area (Å²) < 4.78 is 12.0. The quantitative estimate of drug-likeness (QED) is 0.855. The number of nitrogen functional groups attached to an aromatic ring is 1. The molecule has 0 spiro atoms. The van der Waals surface area contributed by atoms with E-state index in [1.54, 1.807) is 4.68 Å². The average molecular weight is 281 g/mol. The largest absolute Gasteiger partial charge is 0.464 e. The molecule has 2 N–H and O–H groups in total. The second-order valence-corrected chi connectivity index (χ2v) is 5.24. The number of nitrogens with two attached hydrogens (primary N) is 1. The van der Waals surface area contributed by atoms with Gasteiger partial charge in [-0.05, 0) is 25.2 Å². The highest BCUT2D eigenvalue weighted by molar-refractivity contribution is 5.90. The number of methoxy groups -OCH3 is 1. The zero-order valence-corrected chi connectivity index (χ0v) is 12.4. The fraction of sp³-hybridized carbons (Fsp3) is 0.714. The van der Waals surface area contributed by atoms with Crippen LogP contribution in [-0.4, -0.2) is 36.1 Å². The lowest BCUT2D eigenvalue weighted by atomic mass is 9.98. The van der Waals surface area contributed by atoms with Gasteiger partial charge in [-0.3, -0.25) is 0 Å². The van der Waals surface area contributed by atoms with Crippen LogP contribution in [0.2, 0.25) is 0 Å². The van der Waals surface area contributed by atoms with Gasteiger partial charge in [0.1, 0.15) is 5.82 Å². The van der Waals surface area contributed by atoms with Gasteiger partial charge < -0.3 is 15.2 Å². The van der Waals surface area contributed by atoms with Gasteiger partial charge in [0, 0.05) is 18.8 Å². The van der Waals surface area contributed by atoms with Crippen LogP contribution in [0.4, 0.5) is 5.82 Å². The second kappa shape index (κ2) is 6.26. The molecule has 1 aromatic heterocycles. The molecule has 0 amide bonds. The highest BCUT2D eigenvalue weighted by atomic mass is 16.5. The standard InChI is InChI=1S/C14H23N3O3/c1-4-9(2)11-12(14(18)19-3)16-17(13(11)15)10-5-7-20-8-6-10/h9-10H,4-8,15H2,1-3H3. The van der Waals surface area contributed by atoms with Crippen molar-refractivity contribution < 1.29 is 14.3 Å². The normalized spacial score (nSPS) is 17.9. The smallest absolute Gasteiger partial charge is 0.358 e. The Morgan fingerprint density at radius 2 is 2.20 bits per heavy atom. The summed E-state index contributed by atoms with van der Waals surface area (Å²) in [7, 11) is 1.37. The Kier molecular flexibility index (Phi) is 4.65. The monoisotopic (exact) mass is 281 g/mol. The fourth-order valence-electron chi connectivity index (χ4n) is 2.61. The van der Waals surface area contributed by atoms with Crippen molar-refractivity contribution in [3.05, 3.63) is 11.3 Å². The van der Waals surface area contributed by atoms with E-state index in [0.29, 0.717) is 24.7 Å². The number of anilines is 1. The summed E-state index contributed by atoms with van der Waals surface area (Å²) in [5.41, 5.74) is 7.42. The van der Waals surface area contributed by atoms with Crippen molar-refractivity contribution in [1.82, 2.24) is 9.78 Å². The molecular formula is C14H23N3O3. The molecule has 1 atom stereocenters. The first-order chi connectivity index (χ1) is 9.60. The number of nitrogens with zero attached hydrogens (tertiary/aromatic N) is 2. The van der Waals surface area contributed by atoms with Gasteiger partial charge >= 0.3 is 5.97 Å². The number of rotatable bonds is 4. The predicted molar refractivity (Wildman–Crippen MR) is 75.8 cm³/mol. The number of esters is 1. The van der Waals surface area contributed by atoms with Crippen molar-refractivity contribution >= 4 is 11.8 Å². The number of carbonyl (C=O) groups is 1. The Labute approximate surface area is 119 Å². The number of aromatic nitrogens is 2. The van der Waals surface area contributed by atoms with Crippen molar-refractivity contribution in [3.63, 3.8) is 0 Å². The van der Waals surface area contributed by atoms with E-state index in [2.05, 4.69) is 12.0 Å². The molecule has 6 nitrogen and oxygen atoms in total. The summed E-state index contributed by atoms with van der Waals surface area (Å²) in [4.78, 5) is 11.9.